The molecule has 0 fully saturated rings. The summed E-state index contributed by atoms with van der Waals surface area (Å²) in [6, 6.07) is 5.49. The van der Waals surface area contributed by atoms with Crippen molar-refractivity contribution < 1.29 is 9.53 Å². The van der Waals surface area contributed by atoms with E-state index >= 15 is 0 Å². The fraction of sp³-hybridized carbons (Fsp3) is 0.533. The number of likely N-dealkylation sites (N-methyl/N-ethyl adjacent to an activating group) is 1. The van der Waals surface area contributed by atoms with E-state index in [1.165, 1.54) is 0 Å². The van der Waals surface area contributed by atoms with E-state index in [1.54, 1.807) is 13.2 Å². The molecule has 5 heteroatoms. The molecule has 0 heterocycles. The molecular formula is C15H23BrN2O2. The van der Waals surface area contributed by atoms with Gasteiger partial charge < -0.3 is 15.0 Å². The van der Waals surface area contributed by atoms with Gasteiger partial charge in [-0.2, -0.15) is 0 Å². The van der Waals surface area contributed by atoms with Gasteiger partial charge in [0.15, 0.2) is 0 Å². The number of ether oxygens (including phenoxy) is 1. The highest BCUT2D eigenvalue weighted by molar-refractivity contribution is 9.10. The van der Waals surface area contributed by atoms with Crippen molar-refractivity contribution in [3.8, 4) is 5.75 Å². The Morgan fingerprint density at radius 2 is 2.05 bits per heavy atom. The molecule has 0 aliphatic carbocycles. The SMILES string of the molecule is COc1ccc(Br)c(C(=O)NC(CN(C)C)C(C)C)c1. The van der Waals surface area contributed by atoms with Crippen LogP contribution in [0.4, 0.5) is 0 Å². The van der Waals surface area contributed by atoms with Crippen LogP contribution in [0, 0.1) is 5.92 Å². The van der Waals surface area contributed by atoms with Crippen LogP contribution in [0.25, 0.3) is 0 Å². The molecule has 0 bridgehead atoms. The third-order valence-corrected chi connectivity index (χ3v) is 3.79. The molecule has 0 radical (unpaired) electrons. The second-order valence-electron chi connectivity index (χ2n) is 5.43. The van der Waals surface area contributed by atoms with Crippen LogP contribution in [0.15, 0.2) is 22.7 Å². The maximum absolute atomic E-state index is 12.4. The van der Waals surface area contributed by atoms with E-state index in [9.17, 15) is 4.79 Å². The average Bonchev–Trinajstić information content (AvgIpc) is 2.37. The molecule has 0 spiro atoms. The Hall–Kier alpha value is -1.07. The molecule has 0 saturated carbocycles. The Kier molecular flexibility index (Phi) is 6.49. The van der Waals surface area contributed by atoms with Crippen LogP contribution in [0.1, 0.15) is 24.2 Å². The first-order valence-corrected chi connectivity index (χ1v) is 7.43. The summed E-state index contributed by atoms with van der Waals surface area (Å²) < 4.78 is 5.93. The highest BCUT2D eigenvalue weighted by Gasteiger charge is 2.19. The van der Waals surface area contributed by atoms with Crippen molar-refractivity contribution >= 4 is 21.8 Å². The highest BCUT2D eigenvalue weighted by atomic mass is 79.9. The van der Waals surface area contributed by atoms with E-state index in [0.717, 1.165) is 11.0 Å². The third kappa shape index (κ3) is 4.80. The molecule has 1 N–H and O–H groups in total. The van der Waals surface area contributed by atoms with Crippen LogP contribution in [-0.2, 0) is 0 Å². The molecule has 1 amide bonds. The lowest BCUT2D eigenvalue weighted by Crippen LogP contribution is -2.45. The summed E-state index contributed by atoms with van der Waals surface area (Å²) in [5, 5.41) is 3.09. The minimum atomic E-state index is -0.0867. The average molecular weight is 343 g/mol. The minimum Gasteiger partial charge on any atom is -0.497 e. The summed E-state index contributed by atoms with van der Waals surface area (Å²) in [7, 11) is 5.60. The molecule has 0 aliphatic heterocycles. The number of halogens is 1. The van der Waals surface area contributed by atoms with Crippen LogP contribution in [-0.4, -0.2) is 44.6 Å². The monoisotopic (exact) mass is 342 g/mol. The van der Waals surface area contributed by atoms with Crippen molar-refractivity contribution in [2.45, 2.75) is 19.9 Å². The second kappa shape index (κ2) is 7.64. The number of hydrogen-bond acceptors (Lipinski definition) is 3. The Bertz CT molecular complexity index is 461. The van der Waals surface area contributed by atoms with Crippen LogP contribution < -0.4 is 10.1 Å². The Morgan fingerprint density at radius 1 is 1.40 bits per heavy atom. The van der Waals surface area contributed by atoms with Crippen LogP contribution >= 0.6 is 15.9 Å². The largest absolute Gasteiger partial charge is 0.497 e. The van der Waals surface area contributed by atoms with Crippen molar-refractivity contribution in [1.82, 2.24) is 10.2 Å². The van der Waals surface area contributed by atoms with Gasteiger partial charge in [0.05, 0.1) is 12.7 Å². The zero-order valence-electron chi connectivity index (χ0n) is 12.7. The van der Waals surface area contributed by atoms with Gasteiger partial charge >= 0.3 is 0 Å². The highest BCUT2D eigenvalue weighted by Crippen LogP contribution is 2.22. The minimum absolute atomic E-state index is 0.0867. The van der Waals surface area contributed by atoms with Crippen LogP contribution in [0.2, 0.25) is 0 Å². The van der Waals surface area contributed by atoms with Gasteiger partial charge in [-0.05, 0) is 54.1 Å². The number of nitrogens with zero attached hydrogens (tertiary/aromatic N) is 1. The van der Waals surface area contributed by atoms with Gasteiger partial charge in [0.2, 0.25) is 0 Å². The number of benzene rings is 1. The smallest absolute Gasteiger partial charge is 0.252 e. The lowest BCUT2D eigenvalue weighted by Gasteiger charge is -2.25. The molecule has 1 aromatic rings. The number of amides is 1. The quantitative estimate of drug-likeness (QED) is 0.864. The zero-order chi connectivity index (χ0) is 15.3. The predicted molar refractivity (Wildman–Crippen MR) is 85.3 cm³/mol. The molecule has 20 heavy (non-hydrogen) atoms. The van der Waals surface area contributed by atoms with E-state index in [0.29, 0.717) is 17.2 Å². The molecule has 4 nitrogen and oxygen atoms in total. The number of carbonyl (C=O) groups excluding carboxylic acids is 1. The lowest BCUT2D eigenvalue weighted by molar-refractivity contribution is 0.0915. The first kappa shape index (κ1) is 17.0. The van der Waals surface area contributed by atoms with Gasteiger partial charge in [-0.3, -0.25) is 4.79 Å². The normalized spacial score (nSPS) is 12.6. The summed E-state index contributed by atoms with van der Waals surface area (Å²) in [4.78, 5) is 14.5. The van der Waals surface area contributed by atoms with E-state index in [2.05, 4.69) is 40.0 Å². The van der Waals surface area contributed by atoms with Gasteiger partial charge in [0.1, 0.15) is 5.75 Å². The third-order valence-electron chi connectivity index (χ3n) is 3.10. The molecule has 1 unspecified atom stereocenters. The van der Waals surface area contributed by atoms with Crippen molar-refractivity contribution in [3.05, 3.63) is 28.2 Å². The Morgan fingerprint density at radius 3 is 2.55 bits per heavy atom. The van der Waals surface area contributed by atoms with E-state index in [1.807, 2.05) is 26.2 Å². The van der Waals surface area contributed by atoms with Gasteiger partial charge in [-0.15, -0.1) is 0 Å². The van der Waals surface area contributed by atoms with Gasteiger partial charge in [0.25, 0.3) is 5.91 Å². The summed E-state index contributed by atoms with van der Waals surface area (Å²) in [5.41, 5.74) is 0.591. The molecule has 1 atom stereocenters. The number of nitrogens with one attached hydrogen (secondary N) is 1. The molecule has 0 aliphatic rings. The van der Waals surface area contributed by atoms with Crippen molar-refractivity contribution in [2.24, 2.45) is 5.92 Å². The van der Waals surface area contributed by atoms with Crippen LogP contribution in [0.5, 0.6) is 5.75 Å². The summed E-state index contributed by atoms with van der Waals surface area (Å²) >= 11 is 3.41. The molecule has 1 aromatic carbocycles. The zero-order valence-corrected chi connectivity index (χ0v) is 14.3. The van der Waals surface area contributed by atoms with Gasteiger partial charge in [-0.25, -0.2) is 0 Å². The Labute approximate surface area is 129 Å². The first-order chi connectivity index (χ1) is 9.35. The van der Waals surface area contributed by atoms with Gasteiger partial charge in [0, 0.05) is 17.1 Å². The fourth-order valence-corrected chi connectivity index (χ4v) is 2.29. The predicted octanol–water partition coefficient (Wildman–Crippen LogP) is 2.77. The summed E-state index contributed by atoms with van der Waals surface area (Å²) in [6.07, 6.45) is 0. The molecule has 112 valence electrons. The topological polar surface area (TPSA) is 41.6 Å². The van der Waals surface area contributed by atoms with E-state index in [-0.39, 0.29) is 11.9 Å². The molecule has 0 saturated heterocycles. The standard InChI is InChI=1S/C15H23BrN2O2/c1-10(2)14(9-18(3)4)17-15(19)12-8-11(20-5)6-7-13(12)16/h6-8,10,14H,9H2,1-5H3,(H,17,19). The van der Waals surface area contributed by atoms with E-state index in [4.69, 9.17) is 4.74 Å². The number of hydrogen-bond donors (Lipinski definition) is 1. The number of rotatable bonds is 6. The maximum atomic E-state index is 12.4. The second-order valence-corrected chi connectivity index (χ2v) is 6.29. The first-order valence-electron chi connectivity index (χ1n) is 6.64. The van der Waals surface area contributed by atoms with Gasteiger partial charge in [-0.1, -0.05) is 13.8 Å². The Balaban J connectivity index is 2.88. The summed E-state index contributed by atoms with van der Waals surface area (Å²) in [6.45, 7) is 5.02. The van der Waals surface area contributed by atoms with E-state index < -0.39 is 0 Å². The molecule has 0 aromatic heterocycles. The fourth-order valence-electron chi connectivity index (χ4n) is 1.87. The number of methoxy groups -OCH3 is 1. The number of carbonyl (C=O) groups is 1. The molecule has 1 rings (SSSR count). The van der Waals surface area contributed by atoms with Crippen molar-refractivity contribution in [3.63, 3.8) is 0 Å². The molecular weight excluding hydrogens is 320 g/mol. The van der Waals surface area contributed by atoms with Crippen molar-refractivity contribution in [2.75, 3.05) is 27.7 Å². The summed E-state index contributed by atoms with van der Waals surface area (Å²) in [5.74, 6) is 0.953. The van der Waals surface area contributed by atoms with Crippen LogP contribution in [0.3, 0.4) is 0 Å². The lowest BCUT2D eigenvalue weighted by atomic mass is 10.0. The maximum Gasteiger partial charge on any atom is 0.252 e. The van der Waals surface area contributed by atoms with Crippen molar-refractivity contribution in [1.29, 1.82) is 0 Å².